The number of nitrogens with zero attached hydrogens (tertiary/aromatic N) is 2. The van der Waals surface area contributed by atoms with Crippen molar-refractivity contribution < 1.29 is 0 Å². The van der Waals surface area contributed by atoms with E-state index < -0.39 is 0 Å². The van der Waals surface area contributed by atoms with Crippen LogP contribution in [0, 0.1) is 6.92 Å². The second kappa shape index (κ2) is 5.41. The Morgan fingerprint density at radius 1 is 1.14 bits per heavy atom. The van der Waals surface area contributed by atoms with E-state index in [4.69, 9.17) is 16.6 Å². The normalized spacial score (nSPS) is 12.6. The fourth-order valence-corrected chi connectivity index (χ4v) is 2.92. The summed E-state index contributed by atoms with van der Waals surface area (Å²) < 4.78 is 2.12. The molecular weight excluding hydrogens is 282 g/mol. The summed E-state index contributed by atoms with van der Waals surface area (Å²) >= 11 is 6.29. The highest BCUT2D eigenvalue weighted by Gasteiger charge is 2.15. The fraction of sp³-hybridized carbons (Fsp3) is 0.235. The monoisotopic (exact) mass is 299 g/mol. The molecule has 1 atom stereocenters. The van der Waals surface area contributed by atoms with Gasteiger partial charge in [0.15, 0.2) is 0 Å². The molecule has 1 aromatic heterocycles. The van der Waals surface area contributed by atoms with Crippen molar-refractivity contribution in [1.29, 1.82) is 0 Å². The third kappa shape index (κ3) is 2.49. The molecule has 0 amide bonds. The number of imidazole rings is 1. The van der Waals surface area contributed by atoms with Crippen molar-refractivity contribution in [3.63, 3.8) is 0 Å². The lowest BCUT2D eigenvalue weighted by atomic mass is 10.2. The molecule has 0 radical (unpaired) electrons. The van der Waals surface area contributed by atoms with Crippen molar-refractivity contribution in [3.8, 4) is 0 Å². The van der Waals surface area contributed by atoms with Crippen LogP contribution in [0.3, 0.4) is 0 Å². The molecule has 0 saturated carbocycles. The zero-order valence-corrected chi connectivity index (χ0v) is 13.1. The van der Waals surface area contributed by atoms with Crippen LogP contribution in [-0.2, 0) is 7.05 Å². The van der Waals surface area contributed by atoms with Gasteiger partial charge in [-0.25, -0.2) is 4.98 Å². The molecule has 4 heteroatoms. The molecule has 0 aliphatic rings. The minimum atomic E-state index is 0.0704. The quantitative estimate of drug-likeness (QED) is 0.759. The smallest absolute Gasteiger partial charge is 0.131 e. The SMILES string of the molecule is Cc1cccc(Cl)c1NC(C)c1nc2ccccc2n1C. The van der Waals surface area contributed by atoms with Crippen LogP contribution >= 0.6 is 11.6 Å². The number of hydrogen-bond acceptors (Lipinski definition) is 2. The van der Waals surface area contributed by atoms with E-state index in [1.54, 1.807) is 0 Å². The minimum Gasteiger partial charge on any atom is -0.374 e. The first-order valence-electron chi connectivity index (χ1n) is 7.01. The van der Waals surface area contributed by atoms with Crippen LogP contribution in [0.25, 0.3) is 11.0 Å². The van der Waals surface area contributed by atoms with Crippen molar-refractivity contribution in [3.05, 3.63) is 58.9 Å². The molecular formula is C17H18ClN3. The molecule has 3 aromatic rings. The maximum atomic E-state index is 6.29. The van der Waals surface area contributed by atoms with E-state index in [9.17, 15) is 0 Å². The Balaban J connectivity index is 1.97. The first kappa shape index (κ1) is 14.0. The van der Waals surface area contributed by atoms with Gasteiger partial charge in [-0.3, -0.25) is 0 Å². The number of benzene rings is 2. The molecule has 1 unspecified atom stereocenters. The third-order valence-corrected chi connectivity index (χ3v) is 4.11. The van der Waals surface area contributed by atoms with Gasteiger partial charge in [0.2, 0.25) is 0 Å². The van der Waals surface area contributed by atoms with Crippen molar-refractivity contribution in [2.24, 2.45) is 7.05 Å². The number of aromatic nitrogens is 2. The van der Waals surface area contributed by atoms with Crippen molar-refractivity contribution in [2.45, 2.75) is 19.9 Å². The number of hydrogen-bond donors (Lipinski definition) is 1. The lowest BCUT2D eigenvalue weighted by Gasteiger charge is -2.18. The molecule has 1 heterocycles. The molecule has 3 rings (SSSR count). The van der Waals surface area contributed by atoms with Crippen LogP contribution in [0.1, 0.15) is 24.4 Å². The van der Waals surface area contributed by atoms with Crippen LogP contribution in [0.15, 0.2) is 42.5 Å². The van der Waals surface area contributed by atoms with E-state index in [1.165, 1.54) is 0 Å². The highest BCUT2D eigenvalue weighted by molar-refractivity contribution is 6.33. The van der Waals surface area contributed by atoms with Crippen LogP contribution in [0.2, 0.25) is 5.02 Å². The summed E-state index contributed by atoms with van der Waals surface area (Å²) in [5, 5.41) is 4.22. The van der Waals surface area contributed by atoms with Gasteiger partial charge in [0.05, 0.1) is 27.8 Å². The van der Waals surface area contributed by atoms with E-state index in [2.05, 4.69) is 35.9 Å². The first-order valence-corrected chi connectivity index (χ1v) is 7.38. The number of para-hydroxylation sites is 3. The zero-order valence-electron chi connectivity index (χ0n) is 12.4. The molecule has 0 aliphatic heterocycles. The Bertz CT molecular complexity index is 772. The van der Waals surface area contributed by atoms with E-state index in [1.807, 2.05) is 37.4 Å². The van der Waals surface area contributed by atoms with Gasteiger partial charge in [-0.05, 0) is 37.6 Å². The summed E-state index contributed by atoms with van der Waals surface area (Å²) in [6.45, 7) is 4.15. The van der Waals surface area contributed by atoms with Crippen LogP contribution in [0.4, 0.5) is 5.69 Å². The van der Waals surface area contributed by atoms with Gasteiger partial charge in [-0.2, -0.15) is 0 Å². The molecule has 21 heavy (non-hydrogen) atoms. The maximum Gasteiger partial charge on any atom is 0.131 e. The zero-order chi connectivity index (χ0) is 15.0. The first-order chi connectivity index (χ1) is 10.1. The Hall–Kier alpha value is -2.00. The topological polar surface area (TPSA) is 29.9 Å². The van der Waals surface area contributed by atoms with Crippen molar-refractivity contribution in [2.75, 3.05) is 5.32 Å². The highest BCUT2D eigenvalue weighted by Crippen LogP contribution is 2.29. The van der Waals surface area contributed by atoms with Crippen LogP contribution in [-0.4, -0.2) is 9.55 Å². The molecule has 0 bridgehead atoms. The summed E-state index contributed by atoms with van der Waals surface area (Å²) in [5.74, 6) is 0.996. The van der Waals surface area contributed by atoms with E-state index >= 15 is 0 Å². The molecule has 0 spiro atoms. The molecule has 0 fully saturated rings. The second-order valence-electron chi connectivity index (χ2n) is 5.32. The average molecular weight is 300 g/mol. The van der Waals surface area contributed by atoms with Gasteiger partial charge in [-0.15, -0.1) is 0 Å². The van der Waals surface area contributed by atoms with Crippen molar-refractivity contribution in [1.82, 2.24) is 9.55 Å². The largest absolute Gasteiger partial charge is 0.374 e. The molecule has 0 aliphatic carbocycles. The molecule has 1 N–H and O–H groups in total. The van der Waals surface area contributed by atoms with Gasteiger partial charge in [0.25, 0.3) is 0 Å². The predicted octanol–water partition coefficient (Wildman–Crippen LogP) is 4.71. The number of halogens is 1. The average Bonchev–Trinajstić information content (AvgIpc) is 2.81. The summed E-state index contributed by atoms with van der Waals surface area (Å²) in [5.41, 5.74) is 4.25. The van der Waals surface area contributed by atoms with Gasteiger partial charge >= 0.3 is 0 Å². The Labute approximate surface area is 129 Å². The van der Waals surface area contributed by atoms with Crippen LogP contribution in [0.5, 0.6) is 0 Å². The standard InChI is InChI=1S/C17H18ClN3/c1-11-7-6-8-13(18)16(11)19-12(2)17-20-14-9-4-5-10-15(14)21(17)3/h4-10,12,19H,1-3H3. The Morgan fingerprint density at radius 2 is 1.90 bits per heavy atom. The number of rotatable bonds is 3. The third-order valence-electron chi connectivity index (χ3n) is 3.79. The molecule has 3 nitrogen and oxygen atoms in total. The summed E-state index contributed by atoms with van der Waals surface area (Å²) in [4.78, 5) is 4.73. The van der Waals surface area contributed by atoms with Gasteiger partial charge in [-0.1, -0.05) is 35.9 Å². The summed E-state index contributed by atoms with van der Waals surface area (Å²) in [7, 11) is 2.04. The summed E-state index contributed by atoms with van der Waals surface area (Å²) in [6, 6.07) is 14.1. The lowest BCUT2D eigenvalue weighted by molar-refractivity contribution is 0.733. The number of fused-ring (bicyclic) bond motifs is 1. The van der Waals surface area contributed by atoms with Gasteiger partial charge in [0.1, 0.15) is 5.82 Å². The maximum absolute atomic E-state index is 6.29. The van der Waals surface area contributed by atoms with E-state index in [0.29, 0.717) is 0 Å². The predicted molar refractivity (Wildman–Crippen MR) is 88.9 cm³/mol. The number of aryl methyl sites for hydroxylation is 2. The van der Waals surface area contributed by atoms with E-state index in [0.717, 1.165) is 33.1 Å². The molecule has 0 saturated heterocycles. The lowest BCUT2D eigenvalue weighted by Crippen LogP contribution is -2.13. The van der Waals surface area contributed by atoms with E-state index in [-0.39, 0.29) is 6.04 Å². The Kier molecular flexibility index (Phi) is 3.60. The summed E-state index contributed by atoms with van der Waals surface area (Å²) in [6.07, 6.45) is 0. The number of nitrogens with one attached hydrogen (secondary N) is 1. The molecule has 2 aromatic carbocycles. The second-order valence-corrected chi connectivity index (χ2v) is 5.72. The minimum absolute atomic E-state index is 0.0704. The van der Waals surface area contributed by atoms with Gasteiger partial charge < -0.3 is 9.88 Å². The fourth-order valence-electron chi connectivity index (χ4n) is 2.65. The van der Waals surface area contributed by atoms with Gasteiger partial charge in [0, 0.05) is 7.05 Å². The Morgan fingerprint density at radius 3 is 2.62 bits per heavy atom. The van der Waals surface area contributed by atoms with Crippen molar-refractivity contribution >= 4 is 28.3 Å². The van der Waals surface area contributed by atoms with Crippen LogP contribution < -0.4 is 5.32 Å². The number of anilines is 1. The molecule has 108 valence electrons. The highest BCUT2D eigenvalue weighted by atomic mass is 35.5.